The van der Waals surface area contributed by atoms with Gasteiger partial charge in [-0.15, -0.1) is 0 Å². The lowest BCUT2D eigenvalue weighted by atomic mass is 9.49. The van der Waals surface area contributed by atoms with Crippen molar-refractivity contribution in [2.75, 3.05) is 31.7 Å². The summed E-state index contributed by atoms with van der Waals surface area (Å²) in [4.78, 5) is 10.8. The number of nitro groups is 1. The van der Waals surface area contributed by atoms with Crippen LogP contribution in [0.1, 0.15) is 26.7 Å². The van der Waals surface area contributed by atoms with Gasteiger partial charge in [0.25, 0.3) is 5.69 Å². The highest BCUT2D eigenvalue weighted by Crippen LogP contribution is 2.58. The Morgan fingerprint density at radius 2 is 2.07 bits per heavy atom. The third kappa shape index (κ3) is 3.63. The minimum Gasteiger partial charge on any atom is -0.379 e. The first-order valence-electron chi connectivity index (χ1n) is 10.1. The Morgan fingerprint density at radius 3 is 2.70 bits per heavy atom. The number of allylic oxidation sites excluding steroid dienone is 2. The van der Waals surface area contributed by atoms with E-state index in [1.165, 1.54) is 16.4 Å². The molecule has 2 fully saturated rings. The molecule has 1 aliphatic heterocycles. The van der Waals surface area contributed by atoms with Crippen molar-refractivity contribution < 1.29 is 18.1 Å². The first kappa shape index (κ1) is 21.0. The second-order valence-corrected chi connectivity index (χ2v) is 10.5. The molecule has 4 aliphatic rings. The molecule has 1 saturated heterocycles. The summed E-state index contributed by atoms with van der Waals surface area (Å²) in [6, 6.07) is 3.85. The van der Waals surface area contributed by atoms with Crippen LogP contribution in [0.2, 0.25) is 0 Å². The van der Waals surface area contributed by atoms with Crippen LogP contribution in [0.15, 0.2) is 39.8 Å². The van der Waals surface area contributed by atoms with Gasteiger partial charge in [-0.2, -0.15) is 9.41 Å². The van der Waals surface area contributed by atoms with E-state index in [9.17, 15) is 18.5 Å². The number of nitrogens with one attached hydrogen (secondary N) is 1. The van der Waals surface area contributed by atoms with Gasteiger partial charge in [-0.1, -0.05) is 19.9 Å². The van der Waals surface area contributed by atoms with Gasteiger partial charge in [-0.05, 0) is 47.8 Å². The number of nitrogens with zero attached hydrogens (tertiary/aromatic N) is 3. The maximum Gasteiger partial charge on any atom is 0.295 e. The maximum absolute atomic E-state index is 12.8. The summed E-state index contributed by atoms with van der Waals surface area (Å²) in [7, 11) is -3.81. The number of sulfonamides is 1. The molecular formula is C20H26N4O5S. The van der Waals surface area contributed by atoms with Gasteiger partial charge in [0, 0.05) is 19.2 Å². The van der Waals surface area contributed by atoms with Crippen molar-refractivity contribution in [1.82, 2.24) is 4.31 Å². The molecule has 1 aromatic carbocycles. The Hall–Kier alpha value is -2.30. The summed E-state index contributed by atoms with van der Waals surface area (Å²) < 4.78 is 32.0. The molecular weight excluding hydrogens is 408 g/mol. The van der Waals surface area contributed by atoms with Crippen LogP contribution in [0.25, 0.3) is 0 Å². The number of benzene rings is 1. The summed E-state index contributed by atoms with van der Waals surface area (Å²) in [5.41, 5.74) is 3.95. The van der Waals surface area contributed by atoms with Crippen molar-refractivity contribution in [1.29, 1.82) is 0 Å². The highest BCUT2D eigenvalue weighted by Gasteiger charge is 2.50. The SMILES string of the molecule is CC1(C)[C@H]2CC=C(C=NNc3ccc(S(=O)(=O)N4CCOCC4)cc3[N+](=O)[O-])[C@H]1C2. The number of hydrogen-bond acceptors (Lipinski definition) is 7. The minimum absolute atomic E-state index is 0.108. The molecule has 0 amide bonds. The molecule has 1 N–H and O–H groups in total. The van der Waals surface area contributed by atoms with Crippen LogP contribution in [0, 0.1) is 27.4 Å². The standard InChI is InChI=1S/C20H26N4O5S/c1-20(2)15-4-3-14(17(20)11-15)13-21-22-18-6-5-16(12-19(18)24(25)26)30(27,28)23-7-9-29-10-8-23/h3,5-6,12-13,15,17,22H,4,7-11H2,1-2H3/t15-,17+/m0/s1. The summed E-state index contributed by atoms with van der Waals surface area (Å²) in [6.45, 7) is 5.60. The van der Waals surface area contributed by atoms with E-state index in [-0.39, 0.29) is 34.8 Å². The lowest BCUT2D eigenvalue weighted by molar-refractivity contribution is -0.384. The van der Waals surface area contributed by atoms with Crippen LogP contribution >= 0.6 is 0 Å². The topological polar surface area (TPSA) is 114 Å². The fourth-order valence-electron chi connectivity index (χ4n) is 4.57. The molecule has 0 aromatic heterocycles. The van der Waals surface area contributed by atoms with Gasteiger partial charge in [0.2, 0.25) is 10.0 Å². The normalized spacial score (nSPS) is 26.1. The zero-order valence-corrected chi connectivity index (χ0v) is 17.9. The quantitative estimate of drug-likeness (QED) is 0.418. The van der Waals surface area contributed by atoms with Crippen molar-refractivity contribution in [3.63, 3.8) is 0 Å². The Bertz CT molecular complexity index is 1010. The monoisotopic (exact) mass is 434 g/mol. The van der Waals surface area contributed by atoms with Gasteiger partial charge in [0.1, 0.15) is 5.69 Å². The van der Waals surface area contributed by atoms with Gasteiger partial charge in [-0.25, -0.2) is 8.42 Å². The number of fused-ring (bicyclic) bond motifs is 1. The van der Waals surface area contributed by atoms with Crippen molar-refractivity contribution >= 4 is 27.6 Å². The molecule has 9 nitrogen and oxygen atoms in total. The number of rotatable bonds is 6. The number of ether oxygens (including phenoxy) is 1. The first-order valence-corrected chi connectivity index (χ1v) is 11.5. The smallest absolute Gasteiger partial charge is 0.295 e. The first-order chi connectivity index (χ1) is 14.2. The molecule has 1 heterocycles. The lowest BCUT2D eigenvalue weighted by Crippen LogP contribution is -2.48. The number of hydrogen-bond donors (Lipinski definition) is 1. The zero-order chi connectivity index (χ0) is 21.5. The number of nitro benzene ring substituents is 1. The van der Waals surface area contributed by atoms with E-state index in [1.807, 2.05) is 0 Å². The van der Waals surface area contributed by atoms with Crippen LogP contribution in [0.5, 0.6) is 0 Å². The Kier molecular flexibility index (Phi) is 5.41. The average Bonchev–Trinajstić information content (AvgIpc) is 2.74. The van der Waals surface area contributed by atoms with E-state index >= 15 is 0 Å². The highest BCUT2D eigenvalue weighted by molar-refractivity contribution is 7.89. The van der Waals surface area contributed by atoms with Crippen LogP contribution in [-0.4, -0.2) is 50.2 Å². The van der Waals surface area contributed by atoms with E-state index in [2.05, 4.69) is 30.5 Å². The summed E-state index contributed by atoms with van der Waals surface area (Å²) >= 11 is 0. The largest absolute Gasteiger partial charge is 0.379 e. The average molecular weight is 435 g/mol. The molecule has 0 radical (unpaired) electrons. The van der Waals surface area contributed by atoms with Gasteiger partial charge >= 0.3 is 0 Å². The van der Waals surface area contributed by atoms with Crippen molar-refractivity contribution in [2.24, 2.45) is 22.4 Å². The summed E-state index contributed by atoms with van der Waals surface area (Å²) in [5, 5.41) is 15.8. The highest BCUT2D eigenvalue weighted by atomic mass is 32.2. The Morgan fingerprint density at radius 1 is 1.33 bits per heavy atom. The van der Waals surface area contributed by atoms with E-state index in [4.69, 9.17) is 4.74 Å². The molecule has 2 atom stereocenters. The Labute approximate surface area is 176 Å². The van der Waals surface area contributed by atoms with E-state index in [1.54, 1.807) is 6.21 Å². The van der Waals surface area contributed by atoms with E-state index < -0.39 is 14.9 Å². The molecule has 30 heavy (non-hydrogen) atoms. The fourth-order valence-corrected chi connectivity index (χ4v) is 6.00. The molecule has 1 aromatic rings. The van der Waals surface area contributed by atoms with Crippen molar-refractivity contribution in [2.45, 2.75) is 31.6 Å². The predicted molar refractivity (Wildman–Crippen MR) is 113 cm³/mol. The molecule has 0 unspecified atom stereocenters. The summed E-state index contributed by atoms with van der Waals surface area (Å²) in [6.07, 6.45) is 6.09. The van der Waals surface area contributed by atoms with E-state index in [0.717, 1.165) is 30.4 Å². The molecule has 10 heteroatoms. The molecule has 3 aliphatic carbocycles. The third-order valence-electron chi connectivity index (χ3n) is 6.68. The fraction of sp³-hybridized carbons (Fsp3) is 0.550. The van der Waals surface area contributed by atoms with Gasteiger partial charge in [-0.3, -0.25) is 15.5 Å². The van der Waals surface area contributed by atoms with Crippen molar-refractivity contribution in [3.05, 3.63) is 40.0 Å². The minimum atomic E-state index is -3.81. The molecule has 5 rings (SSSR count). The van der Waals surface area contributed by atoms with Crippen LogP contribution in [0.3, 0.4) is 0 Å². The Balaban J connectivity index is 1.53. The zero-order valence-electron chi connectivity index (χ0n) is 17.1. The second kappa shape index (κ2) is 7.75. The maximum atomic E-state index is 12.8. The molecule has 162 valence electrons. The van der Waals surface area contributed by atoms with Crippen LogP contribution < -0.4 is 5.43 Å². The van der Waals surface area contributed by atoms with Crippen molar-refractivity contribution in [3.8, 4) is 0 Å². The number of morpholine rings is 1. The molecule has 1 saturated carbocycles. The second-order valence-electron chi connectivity index (χ2n) is 8.57. The third-order valence-corrected chi connectivity index (χ3v) is 8.58. The van der Waals surface area contributed by atoms with Gasteiger partial charge in [0.15, 0.2) is 0 Å². The van der Waals surface area contributed by atoms with Gasteiger partial charge < -0.3 is 4.74 Å². The lowest BCUT2D eigenvalue weighted by Gasteiger charge is -2.55. The number of anilines is 1. The van der Waals surface area contributed by atoms with Gasteiger partial charge in [0.05, 0.1) is 29.2 Å². The predicted octanol–water partition coefficient (Wildman–Crippen LogP) is 3.01. The number of hydrazone groups is 1. The summed E-state index contributed by atoms with van der Waals surface area (Å²) in [5.74, 6) is 1.17. The van der Waals surface area contributed by atoms with E-state index in [0.29, 0.717) is 19.1 Å². The van der Waals surface area contributed by atoms with Crippen LogP contribution in [0.4, 0.5) is 11.4 Å². The van der Waals surface area contributed by atoms with Crippen LogP contribution in [-0.2, 0) is 14.8 Å². The molecule has 0 spiro atoms. The molecule has 2 bridgehead atoms.